The molecule has 2 saturated carbocycles. The molecule has 0 amide bonds. The Balaban J connectivity index is 1.73. The Kier molecular flexibility index (Phi) is 3.01. The van der Waals surface area contributed by atoms with Gasteiger partial charge in [0.2, 0.25) is 0 Å². The topological polar surface area (TPSA) is 80.9 Å². The average Bonchev–Trinajstić information content (AvgIpc) is 2.74. The smallest absolute Gasteiger partial charge is 0.160 e. The molecule has 0 heterocycles. The second-order valence-corrected chi connectivity index (χ2v) is 7.71. The number of phenols is 2. The number of phenolic OH excluding ortho intramolecular Hbond substituents is 2. The van der Waals surface area contributed by atoms with Gasteiger partial charge in [-0.15, -0.1) is 0 Å². The summed E-state index contributed by atoms with van der Waals surface area (Å²) in [6.07, 6.45) is 3.04. The van der Waals surface area contributed by atoms with E-state index in [9.17, 15) is 20.4 Å². The molecule has 0 bridgehead atoms. The van der Waals surface area contributed by atoms with Gasteiger partial charge < -0.3 is 20.4 Å². The minimum absolute atomic E-state index is 0.0374. The number of rotatable bonds is 0. The van der Waals surface area contributed by atoms with E-state index in [2.05, 4.69) is 6.92 Å². The Morgan fingerprint density at radius 2 is 1.91 bits per heavy atom. The van der Waals surface area contributed by atoms with Crippen LogP contribution in [0.3, 0.4) is 0 Å². The zero-order valence-electron chi connectivity index (χ0n) is 12.9. The van der Waals surface area contributed by atoms with Crippen LogP contribution in [-0.4, -0.2) is 32.6 Å². The molecule has 2 fully saturated rings. The van der Waals surface area contributed by atoms with Crippen LogP contribution < -0.4 is 0 Å². The van der Waals surface area contributed by atoms with Crippen LogP contribution >= 0.6 is 0 Å². The second-order valence-electron chi connectivity index (χ2n) is 7.71. The molecule has 0 aliphatic heterocycles. The summed E-state index contributed by atoms with van der Waals surface area (Å²) in [7, 11) is 0. The standard InChI is InChI=1S/C18H24O4/c1-18-7-6-10-9-4-5-14(19)16(21)12(9)3-2-11(10)13(18)8-15(20)17(18)22/h4-5,10-11,13,15,17,19-22H,2-3,6-8H2,1H3. The Bertz CT molecular complexity index is 613. The molecule has 0 spiro atoms. The van der Waals surface area contributed by atoms with Crippen LogP contribution in [-0.2, 0) is 6.42 Å². The number of hydrogen-bond donors (Lipinski definition) is 4. The number of fused-ring (bicyclic) bond motifs is 5. The van der Waals surface area contributed by atoms with Crippen molar-refractivity contribution >= 4 is 0 Å². The highest BCUT2D eigenvalue weighted by Gasteiger charge is 2.57. The largest absolute Gasteiger partial charge is 0.504 e. The predicted molar refractivity (Wildman–Crippen MR) is 81.8 cm³/mol. The second kappa shape index (κ2) is 4.62. The molecule has 1 aromatic carbocycles. The van der Waals surface area contributed by atoms with E-state index in [-0.39, 0.29) is 16.9 Å². The monoisotopic (exact) mass is 304 g/mol. The average molecular weight is 304 g/mol. The van der Waals surface area contributed by atoms with Crippen LogP contribution in [0.1, 0.15) is 49.7 Å². The molecule has 0 aromatic heterocycles. The first kappa shape index (κ1) is 14.3. The zero-order valence-corrected chi connectivity index (χ0v) is 12.9. The Morgan fingerprint density at radius 1 is 1.14 bits per heavy atom. The van der Waals surface area contributed by atoms with Crippen molar-refractivity contribution in [3.05, 3.63) is 23.3 Å². The molecule has 22 heavy (non-hydrogen) atoms. The van der Waals surface area contributed by atoms with E-state index in [1.54, 1.807) is 6.07 Å². The van der Waals surface area contributed by atoms with Crippen LogP contribution in [0, 0.1) is 17.3 Å². The minimum atomic E-state index is -0.618. The summed E-state index contributed by atoms with van der Waals surface area (Å²) in [5.41, 5.74) is 1.87. The number of benzene rings is 1. The van der Waals surface area contributed by atoms with Crippen LogP contribution in [0.4, 0.5) is 0 Å². The molecule has 4 nitrogen and oxygen atoms in total. The predicted octanol–water partition coefficient (Wildman–Crippen LogP) is 2.29. The molecule has 6 unspecified atom stereocenters. The van der Waals surface area contributed by atoms with E-state index in [0.29, 0.717) is 24.2 Å². The lowest BCUT2D eigenvalue weighted by Crippen LogP contribution is -2.44. The minimum Gasteiger partial charge on any atom is -0.504 e. The molecule has 3 aliphatic carbocycles. The van der Waals surface area contributed by atoms with Crippen molar-refractivity contribution in [2.24, 2.45) is 17.3 Å². The van der Waals surface area contributed by atoms with Crippen molar-refractivity contribution in [1.29, 1.82) is 0 Å². The van der Waals surface area contributed by atoms with E-state index >= 15 is 0 Å². The maximum atomic E-state index is 10.4. The molecular weight excluding hydrogens is 280 g/mol. The van der Waals surface area contributed by atoms with Gasteiger partial charge in [-0.25, -0.2) is 0 Å². The van der Waals surface area contributed by atoms with Gasteiger partial charge in [-0.05, 0) is 66.9 Å². The van der Waals surface area contributed by atoms with Crippen molar-refractivity contribution in [2.45, 2.75) is 57.2 Å². The molecule has 1 aromatic rings. The molecule has 3 aliphatic rings. The number of hydrogen-bond acceptors (Lipinski definition) is 4. The molecule has 6 atom stereocenters. The summed E-state index contributed by atoms with van der Waals surface area (Å²) in [6, 6.07) is 3.54. The van der Waals surface area contributed by atoms with Crippen LogP contribution in [0.2, 0.25) is 0 Å². The fourth-order valence-corrected chi connectivity index (χ4v) is 5.62. The first-order chi connectivity index (χ1) is 10.4. The van der Waals surface area contributed by atoms with Gasteiger partial charge in [-0.2, -0.15) is 0 Å². The number of aliphatic hydroxyl groups excluding tert-OH is 2. The SMILES string of the molecule is CC12CCC3c4ccc(O)c(O)c4CCC3C1CC(O)C2O. The van der Waals surface area contributed by atoms with Crippen molar-refractivity contribution in [3.63, 3.8) is 0 Å². The lowest BCUT2D eigenvalue weighted by Gasteiger charge is -2.49. The van der Waals surface area contributed by atoms with E-state index in [1.807, 2.05) is 6.07 Å². The highest BCUT2D eigenvalue weighted by molar-refractivity contribution is 5.51. The summed E-state index contributed by atoms with van der Waals surface area (Å²) in [4.78, 5) is 0. The van der Waals surface area contributed by atoms with Gasteiger partial charge in [-0.3, -0.25) is 0 Å². The van der Waals surface area contributed by atoms with Crippen LogP contribution in [0.15, 0.2) is 12.1 Å². The molecule has 0 saturated heterocycles. The van der Waals surface area contributed by atoms with Crippen molar-refractivity contribution in [3.8, 4) is 11.5 Å². The molecule has 120 valence electrons. The number of aromatic hydroxyl groups is 2. The number of aliphatic hydroxyl groups is 2. The van der Waals surface area contributed by atoms with E-state index in [4.69, 9.17) is 0 Å². The molecule has 4 rings (SSSR count). The summed E-state index contributed by atoms with van der Waals surface area (Å²) < 4.78 is 0. The van der Waals surface area contributed by atoms with Gasteiger partial charge in [-0.1, -0.05) is 13.0 Å². The molecular formula is C18H24O4. The maximum Gasteiger partial charge on any atom is 0.160 e. The van der Waals surface area contributed by atoms with E-state index < -0.39 is 12.2 Å². The van der Waals surface area contributed by atoms with Crippen molar-refractivity contribution < 1.29 is 20.4 Å². The van der Waals surface area contributed by atoms with Gasteiger partial charge >= 0.3 is 0 Å². The summed E-state index contributed by atoms with van der Waals surface area (Å²) in [6.45, 7) is 2.12. The summed E-state index contributed by atoms with van der Waals surface area (Å²) in [5, 5.41) is 40.4. The maximum absolute atomic E-state index is 10.4. The normalized spacial score (nSPS) is 43.3. The fourth-order valence-electron chi connectivity index (χ4n) is 5.62. The highest BCUT2D eigenvalue weighted by atomic mass is 16.3. The zero-order chi connectivity index (χ0) is 15.6. The summed E-state index contributed by atoms with van der Waals surface area (Å²) in [5.74, 6) is 1.15. The Hall–Kier alpha value is -1.26. The molecule has 4 heteroatoms. The lowest BCUT2D eigenvalue weighted by molar-refractivity contribution is -0.0506. The van der Waals surface area contributed by atoms with Crippen molar-refractivity contribution in [2.75, 3.05) is 0 Å². The van der Waals surface area contributed by atoms with Crippen molar-refractivity contribution in [1.82, 2.24) is 0 Å². The summed E-state index contributed by atoms with van der Waals surface area (Å²) >= 11 is 0. The van der Waals surface area contributed by atoms with Gasteiger partial charge in [0.05, 0.1) is 12.2 Å². The Labute approximate surface area is 130 Å². The lowest BCUT2D eigenvalue weighted by atomic mass is 9.55. The van der Waals surface area contributed by atoms with Gasteiger partial charge in [0, 0.05) is 5.56 Å². The third-order valence-electron chi connectivity index (χ3n) is 6.84. The van der Waals surface area contributed by atoms with Crippen LogP contribution in [0.25, 0.3) is 0 Å². The Morgan fingerprint density at radius 3 is 2.68 bits per heavy atom. The van der Waals surface area contributed by atoms with E-state index in [0.717, 1.165) is 36.8 Å². The van der Waals surface area contributed by atoms with Gasteiger partial charge in [0.15, 0.2) is 11.5 Å². The third-order valence-corrected chi connectivity index (χ3v) is 6.84. The first-order valence-corrected chi connectivity index (χ1v) is 8.33. The highest BCUT2D eigenvalue weighted by Crippen LogP contribution is 2.61. The molecule has 0 radical (unpaired) electrons. The fraction of sp³-hybridized carbons (Fsp3) is 0.667. The third kappa shape index (κ3) is 1.71. The van der Waals surface area contributed by atoms with E-state index in [1.165, 1.54) is 0 Å². The van der Waals surface area contributed by atoms with Gasteiger partial charge in [0.1, 0.15) is 0 Å². The van der Waals surface area contributed by atoms with Crippen LogP contribution in [0.5, 0.6) is 11.5 Å². The molecule has 4 N–H and O–H groups in total. The quantitative estimate of drug-likeness (QED) is 0.554. The first-order valence-electron chi connectivity index (χ1n) is 8.33. The van der Waals surface area contributed by atoms with Gasteiger partial charge in [0.25, 0.3) is 0 Å².